The predicted molar refractivity (Wildman–Crippen MR) is 190 cm³/mol. The van der Waals surface area contributed by atoms with E-state index in [1.165, 1.54) is 31.6 Å². The minimum absolute atomic E-state index is 0.0547. The summed E-state index contributed by atoms with van der Waals surface area (Å²) >= 11 is 11.7. The summed E-state index contributed by atoms with van der Waals surface area (Å²) in [5, 5.41) is 4.76. The van der Waals surface area contributed by atoms with Crippen LogP contribution in [0.25, 0.3) is 0 Å². The second kappa shape index (κ2) is 15.3. The average molecular weight is 824 g/mol. The summed E-state index contributed by atoms with van der Waals surface area (Å²) in [6.07, 6.45) is 1.45. The van der Waals surface area contributed by atoms with Crippen LogP contribution in [0.15, 0.2) is 54.9 Å². The fourth-order valence-corrected chi connectivity index (χ4v) is 8.36. The van der Waals surface area contributed by atoms with Crippen LogP contribution in [-0.4, -0.2) is 63.4 Å². The molecule has 19 heteroatoms. The Labute approximate surface area is 324 Å². The van der Waals surface area contributed by atoms with Gasteiger partial charge in [-0.1, -0.05) is 23.2 Å². The Kier molecular flexibility index (Phi) is 10.7. The number of carbonyl (C=O) groups excluding carboxylic acids is 3. The molecular formula is C37H30Cl2F6N6O5. The minimum Gasteiger partial charge on any atom is -0.465 e. The van der Waals surface area contributed by atoms with Crippen molar-refractivity contribution in [2.24, 2.45) is 0 Å². The van der Waals surface area contributed by atoms with Gasteiger partial charge in [-0.3, -0.25) is 0 Å². The Morgan fingerprint density at radius 2 is 1.32 bits per heavy atom. The lowest BCUT2D eigenvalue weighted by atomic mass is 9.95. The quantitative estimate of drug-likeness (QED) is 0.120. The van der Waals surface area contributed by atoms with Crippen LogP contribution in [0, 0.1) is 17.7 Å². The second-order valence-electron chi connectivity index (χ2n) is 13.4. The van der Waals surface area contributed by atoms with Crippen LogP contribution in [0.3, 0.4) is 0 Å². The molecule has 0 radical (unpaired) electrons. The summed E-state index contributed by atoms with van der Waals surface area (Å²) in [6, 6.07) is 7.12. The number of benzene rings is 2. The molecule has 2 saturated heterocycles. The molecule has 11 nitrogen and oxygen atoms in total. The number of amides is 4. The predicted octanol–water partition coefficient (Wildman–Crippen LogP) is 9.16. The number of carbonyl (C=O) groups is 3. The maximum Gasteiger partial charge on any atom is 0.573 e. The van der Waals surface area contributed by atoms with Crippen molar-refractivity contribution in [3.8, 4) is 5.75 Å². The van der Waals surface area contributed by atoms with Crippen molar-refractivity contribution in [3.05, 3.63) is 110 Å². The third kappa shape index (κ3) is 7.61. The molecule has 0 aliphatic carbocycles. The van der Waals surface area contributed by atoms with E-state index in [9.17, 15) is 40.7 Å². The largest absolute Gasteiger partial charge is 0.573 e. The molecule has 2 N–H and O–H groups in total. The number of alkyl halides is 3. The summed E-state index contributed by atoms with van der Waals surface area (Å²) in [5.41, 5.74) is 2.53. The first-order valence-electron chi connectivity index (χ1n) is 17.2. The van der Waals surface area contributed by atoms with Gasteiger partial charge in [-0.15, -0.1) is 13.2 Å². The maximum atomic E-state index is 14.3. The number of pyridine rings is 2. The van der Waals surface area contributed by atoms with Crippen molar-refractivity contribution < 1.29 is 50.2 Å². The molecule has 56 heavy (non-hydrogen) atoms. The standard InChI is InChI=1S/C19H16ClF2N3O3.C18H14ClF4N3O2/c1-28-18(26)12-7-15(14(21)8-13(12)20)24-19(27)25-9-2-3-16(25)10-4-5-23-17(22)11(10)6-9;19-13-7-9(1-4-15(13)28-18(21,22)23)25-17(27)26-10-2-3-14(26)11-5-6-24-16(20)12(11)8-10/h4-5,7-9,16H,2-3,6H2,1H3,(H,24,27);1,4-7,10,14H,2-3,8H2,(H,25,27). The molecule has 2 aromatic heterocycles. The number of esters is 1. The van der Waals surface area contributed by atoms with Crippen molar-refractivity contribution in [2.45, 2.75) is 69.1 Å². The van der Waals surface area contributed by atoms with Gasteiger partial charge >= 0.3 is 24.4 Å². The number of nitrogens with zero attached hydrogens (tertiary/aromatic N) is 4. The van der Waals surface area contributed by atoms with Crippen molar-refractivity contribution in [3.63, 3.8) is 0 Å². The Hall–Kier alpha value is -5.29. The van der Waals surface area contributed by atoms with Crippen LogP contribution in [0.4, 0.5) is 47.3 Å². The number of aromatic nitrogens is 2. The van der Waals surface area contributed by atoms with Crippen molar-refractivity contribution in [1.29, 1.82) is 0 Å². The fourth-order valence-electron chi connectivity index (χ4n) is 7.92. The van der Waals surface area contributed by atoms with Crippen LogP contribution < -0.4 is 15.4 Å². The number of urea groups is 2. The summed E-state index contributed by atoms with van der Waals surface area (Å²) in [4.78, 5) is 48.1. The summed E-state index contributed by atoms with van der Waals surface area (Å²) < 4.78 is 87.7. The lowest BCUT2D eigenvalue weighted by molar-refractivity contribution is -0.274. The van der Waals surface area contributed by atoms with E-state index in [-0.39, 0.29) is 51.2 Å². The molecule has 0 spiro atoms. The second-order valence-corrected chi connectivity index (χ2v) is 14.2. The number of hydrogen-bond acceptors (Lipinski definition) is 7. The Balaban J connectivity index is 0.000000172. The molecule has 4 atom stereocenters. The zero-order valence-corrected chi connectivity index (χ0v) is 30.6. The van der Waals surface area contributed by atoms with Gasteiger partial charge in [-0.2, -0.15) is 8.78 Å². The molecule has 4 aromatic rings. The van der Waals surface area contributed by atoms with Crippen molar-refractivity contribution in [1.82, 2.24) is 19.8 Å². The number of hydrogen-bond donors (Lipinski definition) is 2. The third-order valence-electron chi connectivity index (χ3n) is 10.3. The van der Waals surface area contributed by atoms with E-state index in [0.717, 1.165) is 35.7 Å². The third-order valence-corrected chi connectivity index (χ3v) is 10.9. The molecule has 0 saturated carbocycles. The molecule has 4 bridgehead atoms. The number of fused-ring (bicyclic) bond motifs is 8. The smallest absolute Gasteiger partial charge is 0.465 e. The zero-order valence-electron chi connectivity index (χ0n) is 29.1. The molecule has 2 fully saturated rings. The maximum absolute atomic E-state index is 14.3. The van der Waals surface area contributed by atoms with Crippen LogP contribution in [0.2, 0.25) is 10.0 Å². The van der Waals surface area contributed by atoms with Crippen LogP contribution >= 0.6 is 23.2 Å². The Morgan fingerprint density at radius 1 is 0.768 bits per heavy atom. The van der Waals surface area contributed by atoms with Crippen molar-refractivity contribution >= 4 is 52.6 Å². The van der Waals surface area contributed by atoms with E-state index < -0.39 is 47.9 Å². The molecule has 2 aromatic carbocycles. The molecule has 4 aliphatic heterocycles. The van der Waals surface area contributed by atoms with Crippen LogP contribution in [-0.2, 0) is 17.6 Å². The van der Waals surface area contributed by atoms with Gasteiger partial charge in [0.15, 0.2) is 0 Å². The first kappa shape index (κ1) is 39.0. The van der Waals surface area contributed by atoms with E-state index in [1.807, 2.05) is 0 Å². The summed E-state index contributed by atoms with van der Waals surface area (Å²) in [6.45, 7) is 0. The number of rotatable bonds is 4. The number of methoxy groups -OCH3 is 1. The number of halogens is 8. The number of nitrogens with one attached hydrogen (secondary N) is 2. The molecular weight excluding hydrogens is 793 g/mol. The first-order valence-corrected chi connectivity index (χ1v) is 18.0. The molecule has 294 valence electrons. The molecule has 4 unspecified atom stereocenters. The van der Waals surface area contributed by atoms with Gasteiger partial charge in [-0.05, 0) is 92.1 Å². The topological polar surface area (TPSA) is 126 Å². The summed E-state index contributed by atoms with van der Waals surface area (Å²) in [5.74, 6) is -3.09. The SMILES string of the molecule is COC(=O)c1cc(NC(=O)N2C3CCC2c2ccnc(F)c2C3)c(F)cc1Cl.O=C(Nc1ccc(OC(F)(F)F)c(Cl)c1)N1C2CCC1c1ccnc(F)c1C2. The van der Waals surface area contributed by atoms with Crippen molar-refractivity contribution in [2.75, 3.05) is 17.7 Å². The van der Waals surface area contributed by atoms with Gasteiger partial charge in [0.25, 0.3) is 0 Å². The highest BCUT2D eigenvalue weighted by Crippen LogP contribution is 2.46. The van der Waals surface area contributed by atoms with Gasteiger partial charge in [0.05, 0.1) is 40.5 Å². The van der Waals surface area contributed by atoms with Gasteiger partial charge in [0, 0.05) is 41.3 Å². The lowest BCUT2D eigenvalue weighted by Crippen LogP contribution is -2.44. The van der Waals surface area contributed by atoms with Crippen LogP contribution in [0.5, 0.6) is 5.75 Å². The normalized spacial score (nSPS) is 20.3. The van der Waals surface area contributed by atoms with E-state index in [4.69, 9.17) is 23.2 Å². The highest BCUT2D eigenvalue weighted by molar-refractivity contribution is 6.33. The van der Waals surface area contributed by atoms with Gasteiger partial charge in [0.1, 0.15) is 11.6 Å². The van der Waals surface area contributed by atoms with E-state index in [2.05, 4.69) is 30.1 Å². The molecule has 8 rings (SSSR count). The molecule has 6 heterocycles. The molecule has 4 amide bonds. The zero-order chi connectivity index (χ0) is 40.1. The highest BCUT2D eigenvalue weighted by Gasteiger charge is 2.45. The van der Waals surface area contributed by atoms with Crippen LogP contribution in [0.1, 0.15) is 70.4 Å². The average Bonchev–Trinajstić information content (AvgIpc) is 3.64. The van der Waals surface area contributed by atoms with E-state index in [1.54, 1.807) is 21.9 Å². The number of anilines is 2. The van der Waals surface area contributed by atoms with Gasteiger partial charge in [-0.25, -0.2) is 28.7 Å². The Morgan fingerprint density at radius 3 is 1.84 bits per heavy atom. The van der Waals surface area contributed by atoms with Gasteiger partial charge < -0.3 is 29.9 Å². The van der Waals surface area contributed by atoms with E-state index in [0.29, 0.717) is 43.2 Å². The highest BCUT2D eigenvalue weighted by atomic mass is 35.5. The molecule has 4 aliphatic rings. The lowest BCUT2D eigenvalue weighted by Gasteiger charge is -2.36. The number of ether oxygens (including phenoxy) is 2. The van der Waals surface area contributed by atoms with E-state index >= 15 is 0 Å². The minimum atomic E-state index is -4.86. The first-order chi connectivity index (χ1) is 26.6. The fraction of sp³-hybridized carbons (Fsp3) is 0.324. The van der Waals surface area contributed by atoms with Gasteiger partial charge in [0.2, 0.25) is 11.9 Å². The Bertz CT molecular complexity index is 2230. The monoisotopic (exact) mass is 822 g/mol. The summed E-state index contributed by atoms with van der Waals surface area (Å²) in [7, 11) is 1.18.